The van der Waals surface area contributed by atoms with Gasteiger partial charge in [-0.2, -0.15) is 0 Å². The lowest BCUT2D eigenvalue weighted by Gasteiger charge is -2.07. The summed E-state index contributed by atoms with van der Waals surface area (Å²) in [4.78, 5) is 10.5. The van der Waals surface area contributed by atoms with Crippen LogP contribution >= 0.6 is 0 Å². The van der Waals surface area contributed by atoms with E-state index < -0.39 is 27.3 Å². The van der Waals surface area contributed by atoms with Gasteiger partial charge in [-0.3, -0.25) is 0 Å². The molecule has 0 aromatic heterocycles. The van der Waals surface area contributed by atoms with Crippen molar-refractivity contribution in [2.24, 2.45) is 0 Å². The van der Waals surface area contributed by atoms with E-state index >= 15 is 0 Å². The summed E-state index contributed by atoms with van der Waals surface area (Å²) in [6.07, 6.45) is 0.253. The van der Waals surface area contributed by atoms with Gasteiger partial charge >= 0.3 is 5.97 Å². The lowest BCUT2D eigenvalue weighted by Crippen LogP contribution is -2.25. The molecule has 7 nitrogen and oxygen atoms in total. The maximum absolute atomic E-state index is 11.7. The minimum Gasteiger partial charge on any atom is -0.507 e. The largest absolute Gasteiger partial charge is 0.507 e. The highest BCUT2D eigenvalue weighted by atomic mass is 32.2. The zero-order valence-electron chi connectivity index (χ0n) is 9.33. The number of hydrogen-bond acceptors (Lipinski definition) is 5. The molecule has 0 spiro atoms. The molecule has 0 radical (unpaired) electrons. The van der Waals surface area contributed by atoms with E-state index in [0.717, 1.165) is 18.2 Å². The van der Waals surface area contributed by atoms with Gasteiger partial charge in [-0.15, -0.1) is 0 Å². The number of sulfonamides is 1. The number of rotatable bonds is 6. The van der Waals surface area contributed by atoms with Crippen molar-refractivity contribution < 1.29 is 28.5 Å². The third-order valence-corrected chi connectivity index (χ3v) is 3.59. The summed E-state index contributed by atoms with van der Waals surface area (Å²) in [5.41, 5.74) is -0.486. The number of aliphatic hydroxyl groups is 1. The first kappa shape index (κ1) is 14.4. The van der Waals surface area contributed by atoms with Crippen molar-refractivity contribution >= 4 is 16.0 Å². The van der Waals surface area contributed by atoms with Gasteiger partial charge in [-0.25, -0.2) is 17.9 Å². The molecule has 8 heteroatoms. The molecule has 1 aromatic carbocycles. The van der Waals surface area contributed by atoms with Gasteiger partial charge in [0.15, 0.2) is 0 Å². The van der Waals surface area contributed by atoms with Gasteiger partial charge in [-0.05, 0) is 24.6 Å². The quantitative estimate of drug-likeness (QED) is 0.531. The Balaban J connectivity index is 3.02. The molecule has 4 N–H and O–H groups in total. The molecule has 0 atom stereocenters. The van der Waals surface area contributed by atoms with Gasteiger partial charge in [-0.1, -0.05) is 0 Å². The topological polar surface area (TPSA) is 124 Å². The first-order valence-corrected chi connectivity index (χ1v) is 6.53. The number of carboxylic acids is 1. The lowest BCUT2D eigenvalue weighted by atomic mass is 10.2. The van der Waals surface area contributed by atoms with Crippen molar-refractivity contribution in [2.75, 3.05) is 13.2 Å². The zero-order valence-corrected chi connectivity index (χ0v) is 10.1. The number of carbonyl (C=O) groups is 1. The smallest absolute Gasteiger partial charge is 0.339 e. The number of phenols is 1. The highest BCUT2D eigenvalue weighted by Crippen LogP contribution is 2.21. The number of aromatic carboxylic acids is 1. The molecule has 0 fully saturated rings. The monoisotopic (exact) mass is 275 g/mol. The molecule has 0 amide bonds. The molecule has 0 aliphatic carbocycles. The van der Waals surface area contributed by atoms with Crippen molar-refractivity contribution in [2.45, 2.75) is 11.3 Å². The first-order chi connectivity index (χ1) is 8.38. The highest BCUT2D eigenvalue weighted by molar-refractivity contribution is 7.89. The number of benzene rings is 1. The third-order valence-electron chi connectivity index (χ3n) is 2.14. The van der Waals surface area contributed by atoms with Crippen molar-refractivity contribution in [3.63, 3.8) is 0 Å². The summed E-state index contributed by atoms with van der Waals surface area (Å²) >= 11 is 0. The number of aromatic hydroxyl groups is 1. The molecule has 0 saturated carbocycles. The molecule has 18 heavy (non-hydrogen) atoms. The Morgan fingerprint density at radius 1 is 1.33 bits per heavy atom. The van der Waals surface area contributed by atoms with E-state index in [-0.39, 0.29) is 24.5 Å². The molecular weight excluding hydrogens is 262 g/mol. The Morgan fingerprint density at radius 2 is 2.00 bits per heavy atom. The van der Waals surface area contributed by atoms with Crippen LogP contribution in [0.25, 0.3) is 0 Å². The Morgan fingerprint density at radius 3 is 2.56 bits per heavy atom. The predicted octanol–water partition coefficient (Wildman–Crippen LogP) is -0.249. The number of nitrogens with one attached hydrogen (secondary N) is 1. The van der Waals surface area contributed by atoms with Crippen molar-refractivity contribution in [1.82, 2.24) is 4.72 Å². The van der Waals surface area contributed by atoms with E-state index in [9.17, 15) is 18.3 Å². The summed E-state index contributed by atoms with van der Waals surface area (Å²) in [7, 11) is -3.84. The normalized spacial score (nSPS) is 11.4. The maximum Gasteiger partial charge on any atom is 0.339 e. The minimum atomic E-state index is -3.84. The van der Waals surface area contributed by atoms with Crippen LogP contribution in [0, 0.1) is 0 Å². The van der Waals surface area contributed by atoms with Gasteiger partial charge < -0.3 is 15.3 Å². The van der Waals surface area contributed by atoms with E-state index in [2.05, 4.69) is 4.72 Å². The second-order valence-corrected chi connectivity index (χ2v) is 5.23. The standard InChI is InChI=1S/C10H13NO6S/c12-5-1-4-11-18(16,17)7-2-3-9(13)8(6-7)10(14)15/h2-3,6,11-13H,1,4-5H2,(H,14,15). The van der Waals surface area contributed by atoms with Crippen molar-refractivity contribution in [1.29, 1.82) is 0 Å². The third kappa shape index (κ3) is 3.42. The van der Waals surface area contributed by atoms with Crippen LogP contribution in [-0.2, 0) is 10.0 Å². The Bertz CT molecular complexity index is 539. The van der Waals surface area contributed by atoms with Crippen molar-refractivity contribution in [3.8, 4) is 5.75 Å². The van der Waals surface area contributed by atoms with E-state index in [1.165, 1.54) is 0 Å². The van der Waals surface area contributed by atoms with Crippen LogP contribution in [0.2, 0.25) is 0 Å². The molecule has 0 saturated heterocycles. The van der Waals surface area contributed by atoms with Crippen LogP contribution in [0.4, 0.5) is 0 Å². The zero-order chi connectivity index (χ0) is 13.8. The Hall–Kier alpha value is -1.64. The summed E-state index contributed by atoms with van der Waals surface area (Å²) < 4.78 is 25.7. The van der Waals surface area contributed by atoms with E-state index in [1.807, 2.05) is 0 Å². The van der Waals surface area contributed by atoms with Crippen LogP contribution in [0.5, 0.6) is 5.75 Å². The van der Waals surface area contributed by atoms with Gasteiger partial charge in [0, 0.05) is 13.2 Å². The van der Waals surface area contributed by atoms with E-state index in [0.29, 0.717) is 0 Å². The summed E-state index contributed by atoms with van der Waals surface area (Å²) in [6.45, 7) is -0.111. The fourth-order valence-electron chi connectivity index (χ4n) is 1.22. The van der Waals surface area contributed by atoms with Crippen LogP contribution in [0.15, 0.2) is 23.1 Å². The van der Waals surface area contributed by atoms with Crippen molar-refractivity contribution in [3.05, 3.63) is 23.8 Å². The summed E-state index contributed by atoms with van der Waals surface area (Å²) in [6, 6.07) is 2.98. The molecule has 100 valence electrons. The van der Waals surface area contributed by atoms with E-state index in [4.69, 9.17) is 10.2 Å². The molecule has 0 unspecified atom stereocenters. The molecule has 0 aliphatic rings. The number of carboxylic acid groups (broad SMARTS) is 1. The SMILES string of the molecule is O=C(O)c1cc(S(=O)(=O)NCCCO)ccc1O. The minimum absolute atomic E-state index is 0.0438. The molecule has 1 rings (SSSR count). The predicted molar refractivity (Wildman–Crippen MR) is 62.0 cm³/mol. The van der Waals surface area contributed by atoms with Crippen LogP contribution < -0.4 is 4.72 Å². The fourth-order valence-corrected chi connectivity index (χ4v) is 2.32. The van der Waals surface area contributed by atoms with Gasteiger partial charge in [0.05, 0.1) is 4.90 Å². The van der Waals surface area contributed by atoms with Crippen LogP contribution in [0.1, 0.15) is 16.8 Å². The summed E-state index contributed by atoms with van der Waals surface area (Å²) in [5.74, 6) is -1.92. The summed E-state index contributed by atoms with van der Waals surface area (Å²) in [5, 5.41) is 26.6. The second-order valence-electron chi connectivity index (χ2n) is 3.46. The molecule has 0 heterocycles. The first-order valence-electron chi connectivity index (χ1n) is 5.05. The number of aliphatic hydroxyl groups excluding tert-OH is 1. The van der Waals surface area contributed by atoms with Gasteiger partial charge in [0.2, 0.25) is 10.0 Å². The number of hydrogen-bond donors (Lipinski definition) is 4. The van der Waals surface area contributed by atoms with Crippen LogP contribution in [0.3, 0.4) is 0 Å². The lowest BCUT2D eigenvalue weighted by molar-refractivity contribution is 0.0693. The van der Waals surface area contributed by atoms with E-state index in [1.54, 1.807) is 0 Å². The maximum atomic E-state index is 11.7. The highest BCUT2D eigenvalue weighted by Gasteiger charge is 2.18. The fraction of sp³-hybridized carbons (Fsp3) is 0.300. The molecule has 1 aromatic rings. The molecular formula is C10H13NO6S. The average Bonchev–Trinajstić information content (AvgIpc) is 2.29. The molecule has 0 bridgehead atoms. The van der Waals surface area contributed by atoms with Gasteiger partial charge in [0.25, 0.3) is 0 Å². The van der Waals surface area contributed by atoms with Gasteiger partial charge in [0.1, 0.15) is 11.3 Å². The Kier molecular flexibility index (Phi) is 4.65. The van der Waals surface area contributed by atoms with Crippen LogP contribution in [-0.4, -0.2) is 42.9 Å². The second kappa shape index (κ2) is 5.80. The Labute approximate surface area is 104 Å². The molecule has 0 aliphatic heterocycles. The average molecular weight is 275 g/mol.